The third kappa shape index (κ3) is 5.47. The smallest absolute Gasteiger partial charge is 0.255 e. The number of hydrogen-bond donors (Lipinski definition) is 1. The van der Waals surface area contributed by atoms with Crippen LogP contribution in [0.15, 0.2) is 46.9 Å². The van der Waals surface area contributed by atoms with Gasteiger partial charge in [0.25, 0.3) is 5.91 Å². The van der Waals surface area contributed by atoms with Crippen LogP contribution >= 0.6 is 15.9 Å². The predicted octanol–water partition coefficient (Wildman–Crippen LogP) is 4.64. The van der Waals surface area contributed by atoms with Crippen molar-refractivity contribution in [1.29, 1.82) is 0 Å². The number of halogens is 1. The molecule has 2 aliphatic heterocycles. The molecule has 1 saturated heterocycles. The lowest BCUT2D eigenvalue weighted by atomic mass is 9.92. The number of likely N-dealkylation sites (tertiary alicyclic amines) is 1. The maximum atomic E-state index is 13.4. The Morgan fingerprint density at radius 3 is 2.62 bits per heavy atom. The summed E-state index contributed by atoms with van der Waals surface area (Å²) in [7, 11) is 1.61. The van der Waals surface area contributed by atoms with Crippen LogP contribution in [0.3, 0.4) is 0 Å². The Morgan fingerprint density at radius 2 is 1.88 bits per heavy atom. The second-order valence-corrected chi connectivity index (χ2v) is 10.6. The zero-order chi connectivity index (χ0) is 24.2. The third-order valence-electron chi connectivity index (χ3n) is 6.78. The first-order valence-electron chi connectivity index (χ1n) is 12.1. The number of amides is 2. The number of methoxy groups -OCH3 is 1. The van der Waals surface area contributed by atoms with Gasteiger partial charge in [-0.25, -0.2) is 0 Å². The van der Waals surface area contributed by atoms with Crippen molar-refractivity contribution in [2.45, 2.75) is 39.3 Å². The molecule has 0 aromatic heterocycles. The summed E-state index contributed by atoms with van der Waals surface area (Å²) < 4.78 is 6.40. The molecule has 2 aliphatic rings. The van der Waals surface area contributed by atoms with E-state index < -0.39 is 6.04 Å². The van der Waals surface area contributed by atoms with Crippen molar-refractivity contribution in [2.75, 3.05) is 33.3 Å². The van der Waals surface area contributed by atoms with Crippen LogP contribution in [0.2, 0.25) is 0 Å². The maximum absolute atomic E-state index is 13.4. The van der Waals surface area contributed by atoms with Gasteiger partial charge in [-0.3, -0.25) is 9.59 Å². The lowest BCUT2D eigenvalue weighted by Gasteiger charge is -2.35. The molecule has 7 heteroatoms. The highest BCUT2D eigenvalue weighted by atomic mass is 79.9. The summed E-state index contributed by atoms with van der Waals surface area (Å²) in [6.45, 7) is 8.75. The Balaban J connectivity index is 1.45. The lowest BCUT2D eigenvalue weighted by Crippen LogP contribution is -2.41. The topological polar surface area (TPSA) is 61.9 Å². The van der Waals surface area contributed by atoms with Gasteiger partial charge in [-0.1, -0.05) is 48.0 Å². The number of fused-ring (bicyclic) bond motifs is 1. The number of nitrogens with one attached hydrogen (secondary N) is 1. The monoisotopic (exact) mass is 527 g/mol. The zero-order valence-electron chi connectivity index (χ0n) is 20.2. The fourth-order valence-corrected chi connectivity index (χ4v) is 5.86. The van der Waals surface area contributed by atoms with Gasteiger partial charge in [0, 0.05) is 35.2 Å². The number of carbonyl (C=O) groups is 2. The third-order valence-corrected chi connectivity index (χ3v) is 7.28. The minimum atomic E-state index is -0.651. The van der Waals surface area contributed by atoms with Gasteiger partial charge < -0.3 is 19.9 Å². The summed E-state index contributed by atoms with van der Waals surface area (Å²) in [5, 5.41) is 3.10. The molecule has 4 rings (SSSR count). The average molecular weight is 528 g/mol. The van der Waals surface area contributed by atoms with E-state index in [-0.39, 0.29) is 18.4 Å². The molecule has 0 unspecified atom stereocenters. The highest BCUT2D eigenvalue weighted by molar-refractivity contribution is 9.10. The van der Waals surface area contributed by atoms with Crippen LogP contribution in [0.4, 0.5) is 0 Å². The highest BCUT2D eigenvalue weighted by Crippen LogP contribution is 2.36. The van der Waals surface area contributed by atoms with Gasteiger partial charge in [-0.05, 0) is 61.1 Å². The van der Waals surface area contributed by atoms with Crippen LogP contribution < -0.4 is 10.1 Å². The Bertz CT molecular complexity index is 1030. The molecule has 2 amide bonds. The standard InChI is InChI=1S/C27H34BrN3O3/c1-18-13-19(2)16-30(15-18)12-6-11-29-26(32)25-22-7-4-5-8-23(22)27(33)31(25)17-20-14-21(28)9-10-24(20)34-3/h4-5,7-10,14,18-19,25H,6,11-13,15-17H2,1-3H3,(H,29,32)/t18-,19-,25-/m1/s1. The van der Waals surface area contributed by atoms with E-state index >= 15 is 0 Å². The van der Waals surface area contributed by atoms with E-state index in [2.05, 4.69) is 40.0 Å². The van der Waals surface area contributed by atoms with E-state index in [1.807, 2.05) is 36.4 Å². The predicted molar refractivity (Wildman–Crippen MR) is 137 cm³/mol. The summed E-state index contributed by atoms with van der Waals surface area (Å²) >= 11 is 3.50. The Kier molecular flexibility index (Phi) is 7.94. The van der Waals surface area contributed by atoms with Gasteiger partial charge >= 0.3 is 0 Å². The average Bonchev–Trinajstić information content (AvgIpc) is 3.08. The molecule has 2 aromatic carbocycles. The minimum Gasteiger partial charge on any atom is -0.496 e. The van der Waals surface area contributed by atoms with Crippen molar-refractivity contribution in [3.05, 3.63) is 63.6 Å². The molecule has 34 heavy (non-hydrogen) atoms. The second kappa shape index (κ2) is 10.9. The first-order chi connectivity index (χ1) is 16.4. The SMILES string of the molecule is COc1ccc(Br)cc1CN1C(=O)c2ccccc2[C@@H]1C(=O)NCCCN1C[C@H](C)C[C@@H](C)C1. The largest absolute Gasteiger partial charge is 0.496 e. The second-order valence-electron chi connectivity index (χ2n) is 9.73. The lowest BCUT2D eigenvalue weighted by molar-refractivity contribution is -0.125. The van der Waals surface area contributed by atoms with Gasteiger partial charge in [0.1, 0.15) is 11.8 Å². The van der Waals surface area contributed by atoms with Crippen molar-refractivity contribution in [2.24, 2.45) is 11.8 Å². The van der Waals surface area contributed by atoms with E-state index in [1.165, 1.54) is 6.42 Å². The van der Waals surface area contributed by atoms with Crippen LogP contribution in [-0.2, 0) is 11.3 Å². The number of ether oxygens (including phenoxy) is 1. The summed E-state index contributed by atoms with van der Waals surface area (Å²) in [5.41, 5.74) is 2.20. The summed E-state index contributed by atoms with van der Waals surface area (Å²) in [6.07, 6.45) is 2.19. The first kappa shape index (κ1) is 24.7. The Hall–Kier alpha value is -2.38. The maximum Gasteiger partial charge on any atom is 0.255 e. The number of benzene rings is 2. The molecule has 2 aromatic rings. The molecule has 1 N–H and O–H groups in total. The highest BCUT2D eigenvalue weighted by Gasteiger charge is 2.41. The summed E-state index contributed by atoms with van der Waals surface area (Å²) in [6, 6.07) is 12.5. The zero-order valence-corrected chi connectivity index (χ0v) is 21.8. The normalized spacial score (nSPS) is 22.5. The van der Waals surface area contributed by atoms with E-state index in [0.717, 1.165) is 53.5 Å². The van der Waals surface area contributed by atoms with Crippen molar-refractivity contribution < 1.29 is 14.3 Å². The summed E-state index contributed by atoms with van der Waals surface area (Å²) in [5.74, 6) is 1.88. The molecule has 1 fully saturated rings. The molecule has 2 heterocycles. The minimum absolute atomic E-state index is 0.130. The first-order valence-corrected chi connectivity index (χ1v) is 12.9. The summed E-state index contributed by atoms with van der Waals surface area (Å²) in [4.78, 5) is 30.8. The number of piperidine rings is 1. The molecule has 0 radical (unpaired) electrons. The van der Waals surface area contributed by atoms with Gasteiger partial charge in [0.15, 0.2) is 0 Å². The number of rotatable bonds is 8. The van der Waals surface area contributed by atoms with Gasteiger partial charge in [0.05, 0.1) is 13.7 Å². The van der Waals surface area contributed by atoms with Crippen LogP contribution in [0.1, 0.15) is 54.2 Å². The van der Waals surface area contributed by atoms with Gasteiger partial charge in [-0.2, -0.15) is 0 Å². The van der Waals surface area contributed by atoms with E-state index in [9.17, 15) is 9.59 Å². The molecule has 6 nitrogen and oxygen atoms in total. The van der Waals surface area contributed by atoms with E-state index in [0.29, 0.717) is 17.9 Å². The van der Waals surface area contributed by atoms with Crippen molar-refractivity contribution >= 4 is 27.7 Å². The van der Waals surface area contributed by atoms with Gasteiger partial charge in [0.2, 0.25) is 5.91 Å². The van der Waals surface area contributed by atoms with E-state index in [1.54, 1.807) is 18.1 Å². The Labute approximate surface area is 210 Å². The van der Waals surface area contributed by atoms with Crippen LogP contribution in [-0.4, -0.2) is 54.9 Å². The van der Waals surface area contributed by atoms with Crippen molar-refractivity contribution in [3.63, 3.8) is 0 Å². The molecule has 182 valence electrons. The van der Waals surface area contributed by atoms with Crippen LogP contribution in [0.25, 0.3) is 0 Å². The quantitative estimate of drug-likeness (QED) is 0.508. The fourth-order valence-electron chi connectivity index (χ4n) is 5.46. The molecule has 0 bridgehead atoms. The Morgan fingerprint density at radius 1 is 1.15 bits per heavy atom. The molecular weight excluding hydrogens is 494 g/mol. The molecular formula is C27H34BrN3O3. The number of nitrogens with zero attached hydrogens (tertiary/aromatic N) is 2. The van der Waals surface area contributed by atoms with Crippen molar-refractivity contribution in [1.82, 2.24) is 15.1 Å². The fraction of sp³-hybridized carbons (Fsp3) is 0.481. The molecule has 3 atom stereocenters. The van der Waals surface area contributed by atoms with E-state index in [4.69, 9.17) is 4.74 Å². The van der Waals surface area contributed by atoms with Crippen LogP contribution in [0.5, 0.6) is 5.75 Å². The molecule has 0 aliphatic carbocycles. The van der Waals surface area contributed by atoms with Crippen LogP contribution in [0, 0.1) is 11.8 Å². The molecule has 0 spiro atoms. The van der Waals surface area contributed by atoms with Gasteiger partial charge in [-0.15, -0.1) is 0 Å². The number of carbonyl (C=O) groups excluding carboxylic acids is 2. The van der Waals surface area contributed by atoms with Crippen molar-refractivity contribution in [3.8, 4) is 5.75 Å². The number of hydrogen-bond acceptors (Lipinski definition) is 4. The molecule has 0 saturated carbocycles.